The lowest BCUT2D eigenvalue weighted by Gasteiger charge is -2.06. The fourth-order valence-corrected chi connectivity index (χ4v) is 1.86. The maximum Gasteiger partial charge on any atom is 0.358 e. The molecule has 2 heterocycles. The van der Waals surface area contributed by atoms with Gasteiger partial charge in [0.05, 0.1) is 12.8 Å². The van der Waals surface area contributed by atoms with E-state index >= 15 is 0 Å². The highest BCUT2D eigenvalue weighted by Crippen LogP contribution is 2.22. The van der Waals surface area contributed by atoms with E-state index in [0.717, 1.165) is 0 Å². The van der Waals surface area contributed by atoms with Crippen molar-refractivity contribution in [2.24, 2.45) is 7.05 Å². The number of carboxylic acids is 1. The third-order valence-corrected chi connectivity index (χ3v) is 2.70. The number of carboxylic acid groups (broad SMARTS) is 1. The van der Waals surface area contributed by atoms with Crippen LogP contribution in [-0.2, 0) is 7.05 Å². The van der Waals surface area contributed by atoms with Gasteiger partial charge < -0.3 is 9.84 Å². The Bertz CT molecular complexity index is 614. The molecule has 0 aromatic carbocycles. The molecule has 0 unspecified atom stereocenters. The average Bonchev–Trinajstić information content (AvgIpc) is 2.91. The fraction of sp³-hybridized carbons (Fsp3) is 0.455. The Kier molecular flexibility index (Phi) is 3.24. The standard InChI is InChI=1S/C11H15N5O3/c1-6(2)10-9(11(17)18)12-14-16(10)7-5-8(19-4)15(3)13-7/h5-6H,1-4H3,(H,17,18). The van der Waals surface area contributed by atoms with Crippen molar-refractivity contribution in [3.8, 4) is 11.7 Å². The van der Waals surface area contributed by atoms with Gasteiger partial charge in [-0.05, 0) is 5.92 Å². The predicted octanol–water partition coefficient (Wildman–Crippen LogP) is 0.831. The van der Waals surface area contributed by atoms with Crippen LogP contribution in [0.15, 0.2) is 6.07 Å². The second-order valence-corrected chi connectivity index (χ2v) is 4.36. The summed E-state index contributed by atoms with van der Waals surface area (Å²) in [5.41, 5.74) is 0.452. The zero-order valence-electron chi connectivity index (χ0n) is 11.2. The quantitative estimate of drug-likeness (QED) is 0.879. The van der Waals surface area contributed by atoms with E-state index in [-0.39, 0.29) is 11.6 Å². The Morgan fingerprint density at radius 3 is 2.63 bits per heavy atom. The molecule has 8 nitrogen and oxygen atoms in total. The molecule has 0 radical (unpaired) electrons. The van der Waals surface area contributed by atoms with Gasteiger partial charge in [0, 0.05) is 13.1 Å². The first-order chi connectivity index (χ1) is 8.95. The molecular weight excluding hydrogens is 250 g/mol. The first-order valence-electron chi connectivity index (χ1n) is 5.73. The van der Waals surface area contributed by atoms with E-state index in [0.29, 0.717) is 17.4 Å². The molecule has 19 heavy (non-hydrogen) atoms. The Hall–Kier alpha value is -2.38. The van der Waals surface area contributed by atoms with E-state index in [9.17, 15) is 4.79 Å². The van der Waals surface area contributed by atoms with Crippen LogP contribution in [0.25, 0.3) is 5.82 Å². The van der Waals surface area contributed by atoms with Crippen LogP contribution < -0.4 is 4.74 Å². The summed E-state index contributed by atoms with van der Waals surface area (Å²) in [5, 5.41) is 20.9. The number of ether oxygens (including phenoxy) is 1. The van der Waals surface area contributed by atoms with Gasteiger partial charge >= 0.3 is 5.97 Å². The van der Waals surface area contributed by atoms with E-state index in [1.54, 1.807) is 17.8 Å². The molecule has 0 atom stereocenters. The highest BCUT2D eigenvalue weighted by Gasteiger charge is 2.23. The second-order valence-electron chi connectivity index (χ2n) is 4.36. The predicted molar refractivity (Wildman–Crippen MR) is 65.7 cm³/mol. The number of hydrogen-bond acceptors (Lipinski definition) is 5. The third-order valence-electron chi connectivity index (χ3n) is 2.70. The molecule has 0 amide bonds. The first-order valence-corrected chi connectivity index (χ1v) is 5.73. The maximum absolute atomic E-state index is 11.1. The molecule has 0 aliphatic carbocycles. The topological polar surface area (TPSA) is 95.1 Å². The lowest BCUT2D eigenvalue weighted by molar-refractivity contribution is 0.0688. The van der Waals surface area contributed by atoms with Crippen LogP contribution in [0.5, 0.6) is 5.88 Å². The van der Waals surface area contributed by atoms with Gasteiger partial charge in [-0.15, -0.1) is 10.2 Å². The second kappa shape index (κ2) is 4.71. The number of rotatable bonds is 4. The summed E-state index contributed by atoms with van der Waals surface area (Å²) >= 11 is 0. The Morgan fingerprint density at radius 2 is 2.16 bits per heavy atom. The molecule has 0 bridgehead atoms. The average molecular weight is 265 g/mol. The summed E-state index contributed by atoms with van der Waals surface area (Å²) in [6.45, 7) is 3.75. The van der Waals surface area contributed by atoms with Crippen LogP contribution in [0, 0.1) is 0 Å². The van der Waals surface area contributed by atoms with E-state index in [1.807, 2.05) is 13.8 Å². The fourth-order valence-electron chi connectivity index (χ4n) is 1.86. The van der Waals surface area contributed by atoms with Crippen molar-refractivity contribution >= 4 is 5.97 Å². The summed E-state index contributed by atoms with van der Waals surface area (Å²) < 4.78 is 8.09. The zero-order valence-corrected chi connectivity index (χ0v) is 11.2. The molecule has 0 saturated carbocycles. The van der Waals surface area contributed by atoms with Crippen molar-refractivity contribution < 1.29 is 14.6 Å². The third kappa shape index (κ3) is 2.16. The minimum Gasteiger partial charge on any atom is -0.481 e. The van der Waals surface area contributed by atoms with Crippen LogP contribution in [-0.4, -0.2) is 43.0 Å². The van der Waals surface area contributed by atoms with E-state index in [1.165, 1.54) is 11.8 Å². The number of methoxy groups -OCH3 is 1. The maximum atomic E-state index is 11.1. The van der Waals surface area contributed by atoms with Gasteiger partial charge in [-0.3, -0.25) is 0 Å². The molecule has 2 rings (SSSR count). The Labute approximate surface area is 109 Å². The number of aromatic carboxylic acids is 1. The van der Waals surface area contributed by atoms with Crippen molar-refractivity contribution in [1.82, 2.24) is 24.8 Å². The van der Waals surface area contributed by atoms with Crippen molar-refractivity contribution in [3.63, 3.8) is 0 Å². The van der Waals surface area contributed by atoms with Crippen molar-refractivity contribution in [1.29, 1.82) is 0 Å². The molecule has 8 heteroatoms. The number of carbonyl (C=O) groups is 1. The van der Waals surface area contributed by atoms with Gasteiger partial charge in [0.2, 0.25) is 5.88 Å². The molecule has 0 spiro atoms. The minimum absolute atomic E-state index is 0.0471. The Morgan fingerprint density at radius 1 is 1.47 bits per heavy atom. The van der Waals surface area contributed by atoms with Crippen LogP contribution in [0.3, 0.4) is 0 Å². The normalized spacial score (nSPS) is 11.0. The molecular formula is C11H15N5O3. The zero-order chi connectivity index (χ0) is 14.2. The number of hydrogen-bond donors (Lipinski definition) is 1. The molecule has 2 aromatic rings. The van der Waals surface area contributed by atoms with Gasteiger partial charge in [-0.2, -0.15) is 4.68 Å². The van der Waals surface area contributed by atoms with Gasteiger partial charge in [-0.25, -0.2) is 9.48 Å². The molecule has 0 aliphatic heterocycles. The van der Waals surface area contributed by atoms with Crippen molar-refractivity contribution in [3.05, 3.63) is 17.5 Å². The van der Waals surface area contributed by atoms with Crippen molar-refractivity contribution in [2.75, 3.05) is 7.11 Å². The number of nitrogens with zero attached hydrogens (tertiary/aromatic N) is 5. The number of aryl methyl sites for hydroxylation is 1. The van der Waals surface area contributed by atoms with Crippen LogP contribution in [0.4, 0.5) is 0 Å². The van der Waals surface area contributed by atoms with E-state index in [2.05, 4.69) is 15.4 Å². The summed E-state index contributed by atoms with van der Waals surface area (Å²) in [6, 6.07) is 1.67. The first kappa shape index (κ1) is 13.1. The molecule has 0 saturated heterocycles. The van der Waals surface area contributed by atoms with Gasteiger partial charge in [-0.1, -0.05) is 19.1 Å². The Balaban J connectivity index is 2.58. The summed E-state index contributed by atoms with van der Waals surface area (Å²) in [5.74, 6) is -0.118. The SMILES string of the molecule is COc1cc(-n2nnc(C(=O)O)c2C(C)C)nn1C. The summed E-state index contributed by atoms with van der Waals surface area (Å²) in [6.07, 6.45) is 0. The van der Waals surface area contributed by atoms with Crippen molar-refractivity contribution in [2.45, 2.75) is 19.8 Å². The summed E-state index contributed by atoms with van der Waals surface area (Å²) in [7, 11) is 3.26. The molecule has 0 aliphatic rings. The highest BCUT2D eigenvalue weighted by atomic mass is 16.5. The van der Waals surface area contributed by atoms with Crippen LogP contribution in [0.2, 0.25) is 0 Å². The molecule has 1 N–H and O–H groups in total. The smallest absolute Gasteiger partial charge is 0.358 e. The van der Waals surface area contributed by atoms with Crippen LogP contribution >= 0.6 is 0 Å². The molecule has 2 aromatic heterocycles. The molecule has 102 valence electrons. The van der Waals surface area contributed by atoms with Gasteiger partial charge in [0.25, 0.3) is 0 Å². The van der Waals surface area contributed by atoms with E-state index in [4.69, 9.17) is 9.84 Å². The van der Waals surface area contributed by atoms with Gasteiger partial charge in [0.15, 0.2) is 11.5 Å². The summed E-state index contributed by atoms with van der Waals surface area (Å²) in [4.78, 5) is 11.1. The lowest BCUT2D eigenvalue weighted by Crippen LogP contribution is -2.09. The van der Waals surface area contributed by atoms with E-state index < -0.39 is 5.97 Å². The minimum atomic E-state index is -1.10. The number of aromatic nitrogens is 5. The van der Waals surface area contributed by atoms with Crippen LogP contribution in [0.1, 0.15) is 35.9 Å². The highest BCUT2D eigenvalue weighted by molar-refractivity contribution is 5.86. The molecule has 0 fully saturated rings. The monoisotopic (exact) mass is 265 g/mol. The largest absolute Gasteiger partial charge is 0.481 e. The van der Waals surface area contributed by atoms with Gasteiger partial charge in [0.1, 0.15) is 0 Å². The lowest BCUT2D eigenvalue weighted by atomic mass is 10.1.